The van der Waals surface area contributed by atoms with Gasteiger partial charge in [-0.1, -0.05) is 84.3 Å². The number of nitrogens with one attached hydrogen (secondary N) is 3. The van der Waals surface area contributed by atoms with E-state index in [9.17, 15) is 94.4 Å². The van der Waals surface area contributed by atoms with Crippen LogP contribution < -0.4 is 33.2 Å². The number of primary amides is 3. The molecule has 0 spiro atoms. The summed E-state index contributed by atoms with van der Waals surface area (Å²) in [5.41, 5.74) is 14.6. The molecule has 0 aromatic carbocycles. The van der Waals surface area contributed by atoms with E-state index in [0.717, 1.165) is 57.4 Å². The Labute approximate surface area is 578 Å². The SMILES string of the molecule is CC(=O)N[C@H]1[C@H](O[C@H]2[C@H](O)[C@@H](NC(C)=O)[C@H](O[C@H]3[C@@H](OP(=O)(O)OC[C@@H](OCC[15NH]C/C=C(/C)CCCC(C)CCCC(C)CCCC(C)C)C(=O)O)O[C@H](C(N)=O)[C@@](C)(O)[C@@H]3OC(N)=O)O[C@@H]2CO[C@@H]2O[C@H](CO)[C@@H](O)[C@H](O)[C@H]2O)O[C@H](C)[C@@H](O[C@@H]2O[C@H](C(N)=O)[C@H](O)[C@H](O)[C@H]2O)[C@@H]1O. The van der Waals surface area contributed by atoms with Crippen molar-refractivity contribution in [2.45, 2.75) is 279 Å². The number of carboxylic acids is 1. The van der Waals surface area contributed by atoms with Crippen LogP contribution in [-0.4, -0.2) is 295 Å². The number of rotatable bonds is 39. The van der Waals surface area contributed by atoms with Crippen LogP contribution in [0.3, 0.4) is 0 Å². The maximum Gasteiger partial charge on any atom is 0.474 e. The van der Waals surface area contributed by atoms with E-state index in [1.165, 1.54) is 45.4 Å². The van der Waals surface area contributed by atoms with E-state index >= 15 is 0 Å². The Hall–Kier alpha value is -4.37. The number of aliphatic carboxylic acids is 1. The molecule has 578 valence electrons. The Morgan fingerprint density at radius 3 is 1.74 bits per heavy atom. The summed E-state index contributed by atoms with van der Waals surface area (Å²) in [5, 5.41) is 128. The van der Waals surface area contributed by atoms with Crippen molar-refractivity contribution in [1.29, 1.82) is 0 Å². The molecule has 5 aliphatic heterocycles. The van der Waals surface area contributed by atoms with Crippen molar-refractivity contribution >= 4 is 43.5 Å². The third kappa shape index (κ3) is 24.6. The minimum absolute atomic E-state index is 0.110. The maximum absolute atomic E-state index is 14.0. The third-order valence-corrected chi connectivity index (χ3v) is 18.8. The van der Waals surface area contributed by atoms with Crippen LogP contribution in [0.25, 0.3) is 0 Å². The van der Waals surface area contributed by atoms with Crippen molar-refractivity contribution in [2.75, 3.05) is 39.5 Å². The number of hydrogen-bond donors (Lipinski definition) is 18. The highest BCUT2D eigenvalue weighted by Gasteiger charge is 2.62. The molecule has 38 nitrogen and oxygen atoms in total. The second-order valence-corrected chi connectivity index (χ2v) is 28.3. The van der Waals surface area contributed by atoms with Crippen LogP contribution >= 0.6 is 7.82 Å². The van der Waals surface area contributed by atoms with E-state index in [2.05, 4.69) is 43.6 Å². The van der Waals surface area contributed by atoms with Gasteiger partial charge in [0.15, 0.2) is 62.0 Å². The number of amides is 5. The molecule has 5 rings (SSSR count). The lowest BCUT2D eigenvalue weighted by molar-refractivity contribution is -0.375. The van der Waals surface area contributed by atoms with Crippen molar-refractivity contribution < 1.29 is 156 Å². The van der Waals surface area contributed by atoms with Crippen molar-refractivity contribution in [3.05, 3.63) is 11.6 Å². The van der Waals surface area contributed by atoms with E-state index in [1.54, 1.807) is 0 Å². The smallest absolute Gasteiger partial charge is 0.474 e. The van der Waals surface area contributed by atoms with Gasteiger partial charge in [0.2, 0.25) is 23.6 Å². The van der Waals surface area contributed by atoms with E-state index in [4.69, 9.17) is 78.4 Å². The fourth-order valence-electron chi connectivity index (χ4n) is 12.3. The van der Waals surface area contributed by atoms with E-state index in [-0.39, 0.29) is 13.2 Å². The predicted molar refractivity (Wildman–Crippen MR) is 339 cm³/mol. The quantitative estimate of drug-likeness (QED) is 0.0119. The highest BCUT2D eigenvalue weighted by molar-refractivity contribution is 7.47. The van der Waals surface area contributed by atoms with Crippen LogP contribution in [0.2, 0.25) is 0 Å². The molecule has 3 unspecified atom stereocenters. The first-order chi connectivity index (χ1) is 46.8. The van der Waals surface area contributed by atoms with Crippen molar-refractivity contribution in [2.24, 2.45) is 35.0 Å². The highest BCUT2D eigenvalue weighted by atomic mass is 31.2. The predicted octanol–water partition coefficient (Wildman–Crippen LogP) is -4.54. The van der Waals surface area contributed by atoms with Gasteiger partial charge < -0.3 is 146 Å². The molecule has 39 heteroatoms. The number of phosphoric acid groups is 1. The van der Waals surface area contributed by atoms with Gasteiger partial charge in [0.05, 0.1) is 32.5 Å². The fraction of sp³-hybridized carbons (Fsp3) is 0.869. The van der Waals surface area contributed by atoms with Crippen molar-refractivity contribution in [3.63, 3.8) is 0 Å². The summed E-state index contributed by atoms with van der Waals surface area (Å²) >= 11 is 0. The molecule has 5 fully saturated rings. The minimum Gasteiger partial charge on any atom is -0.479 e. The third-order valence-electron chi connectivity index (χ3n) is 17.9. The molecule has 0 radical (unpaired) electrons. The number of allylic oxidation sites excluding steroid dienone is 1. The highest BCUT2D eigenvalue weighted by Crippen LogP contribution is 2.49. The zero-order valence-corrected chi connectivity index (χ0v) is 58.5. The van der Waals surface area contributed by atoms with Crippen LogP contribution in [0.4, 0.5) is 4.79 Å². The number of ether oxygens (including phenoxy) is 11. The second-order valence-electron chi connectivity index (χ2n) is 26.9. The Kier molecular flexibility index (Phi) is 34.2. The molecule has 21 N–H and O–H groups in total. The van der Waals surface area contributed by atoms with Crippen LogP contribution in [-0.2, 0) is 89.7 Å². The zero-order valence-electron chi connectivity index (χ0n) is 57.6. The molecule has 29 atom stereocenters. The molecule has 5 amide bonds. The van der Waals surface area contributed by atoms with Gasteiger partial charge >= 0.3 is 19.9 Å². The summed E-state index contributed by atoms with van der Waals surface area (Å²) in [6.45, 7) is 12.1. The lowest BCUT2D eigenvalue weighted by atomic mass is 9.85. The number of aliphatic hydroxyl groups excluding tert-OH is 9. The van der Waals surface area contributed by atoms with Crippen LogP contribution in [0.1, 0.15) is 120 Å². The molecule has 0 bridgehead atoms. The molecule has 0 aliphatic carbocycles. The Bertz CT molecular complexity index is 2690. The van der Waals surface area contributed by atoms with Gasteiger partial charge in [0.25, 0.3) is 0 Å². The minimum atomic E-state index is -5.80. The summed E-state index contributed by atoms with van der Waals surface area (Å²) in [4.78, 5) is 87.5. The summed E-state index contributed by atoms with van der Waals surface area (Å²) in [6.07, 6.45) is -37.0. The number of phosphoric ester groups is 1. The van der Waals surface area contributed by atoms with E-state index in [1.807, 2.05) is 13.0 Å². The molecule has 5 heterocycles. The molecular formula is C61H107N6O32P. The number of aliphatic hydroxyl groups is 10. The summed E-state index contributed by atoms with van der Waals surface area (Å²) < 4.78 is 88.1. The number of carbonyl (C=O) groups excluding carboxylic acids is 5. The lowest BCUT2D eigenvalue weighted by Crippen LogP contribution is -2.72. The van der Waals surface area contributed by atoms with Crippen LogP contribution in [0, 0.1) is 17.8 Å². The number of nitrogens with two attached hydrogens (primary N) is 3. The number of hydrogen-bond acceptors (Lipinski definition) is 31. The first-order valence-electron chi connectivity index (χ1n) is 33.4. The average Bonchev–Trinajstić information content (AvgIpc) is 0.753. The molecule has 0 aromatic heterocycles. The van der Waals surface area contributed by atoms with Gasteiger partial charge in [0.1, 0.15) is 90.9 Å². The Balaban J connectivity index is 1.38. The number of carbonyl (C=O) groups is 6. The average molecular weight is 1470 g/mol. The van der Waals surface area contributed by atoms with Gasteiger partial charge in [0, 0.05) is 26.9 Å². The molecule has 100 heavy (non-hydrogen) atoms. The van der Waals surface area contributed by atoms with Gasteiger partial charge in [-0.05, 0) is 51.4 Å². The van der Waals surface area contributed by atoms with Gasteiger partial charge in [-0.15, -0.1) is 0 Å². The second kappa shape index (κ2) is 39.7. The maximum atomic E-state index is 14.0. The van der Waals surface area contributed by atoms with E-state index in [0.29, 0.717) is 12.5 Å². The van der Waals surface area contributed by atoms with Gasteiger partial charge in [-0.3, -0.25) is 28.2 Å². The lowest BCUT2D eigenvalue weighted by Gasteiger charge is -2.52. The summed E-state index contributed by atoms with van der Waals surface area (Å²) in [6, 6.07) is -3.89. The normalized spacial score (nSPS) is 37.3. The Morgan fingerprint density at radius 1 is 0.640 bits per heavy atom. The molecular weight excluding hydrogens is 1360 g/mol. The largest absolute Gasteiger partial charge is 0.479 e. The van der Waals surface area contributed by atoms with Gasteiger partial charge in [-0.2, -0.15) is 0 Å². The molecule has 5 saturated heterocycles. The standard InChI is InChI=1S/C61H107N6O32P/c1-26(2)13-10-14-27(3)15-11-16-28(4)17-12-18-29(5)19-20-65-21-22-87-35(54(81)82)25-89-100(85,86)99-59-49(50(98-60(64)83)61(9,84)51(97-59)53(63)80)96-56-37(67-32(8)70)40(73)47(34(92-56)24-88-57-44(77)41(74)38(71)33(23-68)91-57)94-55-36(66-31(7)69)39(72)46(30(6)90-55)93-58-45(78)42(75)43(76)48(95-58)52(62)79/h19,26-28,30,33-51,55-59,65,68,71-78,84H,10-18,20-25H2,1-9H3,(H2,62,79)(H2,63,80)(H2,64,83)(H,66,69)(H,67,70)(H,81,82)(H,85,86)/b29-19-/t27?,28?,30-,33-,34-,35-,36-,37-,38-,39-,40-,41+,42+,43-,44-,45-,46-,47-,48+,49-,50-,51-,55+,56+,57-,58-,59-,61+/m1/s1/i65+1. The van der Waals surface area contributed by atoms with Crippen molar-refractivity contribution in [3.8, 4) is 0 Å². The van der Waals surface area contributed by atoms with Crippen molar-refractivity contribution in [1.82, 2.24) is 16.0 Å². The monoisotopic (exact) mass is 1470 g/mol. The topological polar surface area (TPSA) is 596 Å². The first kappa shape index (κ1) is 86.3. The number of carboxylic acid groups (broad SMARTS) is 1. The molecule has 5 aliphatic rings. The molecule has 0 saturated carbocycles. The molecule has 0 aromatic rings. The zero-order chi connectivity index (χ0) is 74.8. The van der Waals surface area contributed by atoms with Crippen LogP contribution in [0.15, 0.2) is 11.6 Å². The van der Waals surface area contributed by atoms with Crippen LogP contribution in [0.5, 0.6) is 0 Å². The first-order valence-corrected chi connectivity index (χ1v) is 34.9. The summed E-state index contributed by atoms with van der Waals surface area (Å²) in [5.74, 6) is -4.33. The summed E-state index contributed by atoms with van der Waals surface area (Å²) in [7, 11) is -5.80. The van der Waals surface area contributed by atoms with Gasteiger partial charge in [-0.25, -0.2) is 14.2 Å². The Morgan fingerprint density at radius 2 is 1.18 bits per heavy atom. The van der Waals surface area contributed by atoms with E-state index < -0.39 is 222 Å². The fourth-order valence-corrected chi connectivity index (χ4v) is 13.1.